The van der Waals surface area contributed by atoms with Gasteiger partial charge in [-0.1, -0.05) is 11.6 Å². The van der Waals surface area contributed by atoms with E-state index in [1.165, 1.54) is 6.07 Å². The number of amides is 1. The molecule has 1 fully saturated rings. The van der Waals surface area contributed by atoms with Gasteiger partial charge in [0, 0.05) is 60.3 Å². The number of aromatic hydroxyl groups is 1. The molecule has 0 saturated carbocycles. The number of benzene rings is 2. The molecule has 0 spiro atoms. The van der Waals surface area contributed by atoms with Crippen LogP contribution in [0.25, 0.3) is 11.0 Å². The molecule has 156 valence electrons. The van der Waals surface area contributed by atoms with Crippen LogP contribution in [0, 0.1) is 6.92 Å². The molecule has 0 aliphatic carbocycles. The molecule has 2 aromatic carbocycles. The Labute approximate surface area is 179 Å². The van der Waals surface area contributed by atoms with E-state index in [-0.39, 0.29) is 18.1 Å². The number of hydrogen-bond donors (Lipinski definition) is 1. The van der Waals surface area contributed by atoms with Crippen molar-refractivity contribution in [3.05, 3.63) is 69.0 Å². The van der Waals surface area contributed by atoms with Crippen molar-refractivity contribution in [3.63, 3.8) is 0 Å². The molecule has 1 aliphatic heterocycles. The van der Waals surface area contributed by atoms with E-state index in [0.29, 0.717) is 35.7 Å². The van der Waals surface area contributed by atoms with Crippen molar-refractivity contribution in [1.82, 2.24) is 4.90 Å². The molecule has 30 heavy (non-hydrogen) atoms. The second-order valence-corrected chi connectivity index (χ2v) is 7.95. The molecule has 1 aliphatic rings. The van der Waals surface area contributed by atoms with E-state index in [2.05, 4.69) is 4.90 Å². The number of nitrogens with zero attached hydrogens (tertiary/aromatic N) is 2. The van der Waals surface area contributed by atoms with Crippen LogP contribution in [0.4, 0.5) is 5.69 Å². The average Bonchev–Trinajstić information content (AvgIpc) is 2.74. The average molecular weight is 427 g/mol. The van der Waals surface area contributed by atoms with E-state index in [4.69, 9.17) is 16.0 Å². The van der Waals surface area contributed by atoms with Gasteiger partial charge < -0.3 is 19.3 Å². The van der Waals surface area contributed by atoms with Gasteiger partial charge in [0.25, 0.3) is 0 Å². The van der Waals surface area contributed by atoms with Crippen LogP contribution in [0.5, 0.6) is 5.75 Å². The van der Waals surface area contributed by atoms with Gasteiger partial charge in [-0.25, -0.2) is 4.79 Å². The summed E-state index contributed by atoms with van der Waals surface area (Å²) in [5.41, 5.74) is 2.31. The van der Waals surface area contributed by atoms with Crippen molar-refractivity contribution in [3.8, 4) is 5.75 Å². The van der Waals surface area contributed by atoms with Crippen LogP contribution in [0.2, 0.25) is 5.02 Å². The number of rotatable bonds is 4. The SMILES string of the molecule is Cc1c(CCC(=O)N2CCN(c3ccc(Cl)cc3)CC2)c(=O)oc2cc(O)ccc12. The summed E-state index contributed by atoms with van der Waals surface area (Å²) in [6.45, 7) is 4.65. The Kier molecular flexibility index (Phi) is 5.68. The first-order valence-corrected chi connectivity index (χ1v) is 10.3. The van der Waals surface area contributed by atoms with Gasteiger partial charge in [-0.3, -0.25) is 4.79 Å². The molecule has 0 bridgehead atoms. The van der Waals surface area contributed by atoms with Crippen molar-refractivity contribution < 1.29 is 14.3 Å². The summed E-state index contributed by atoms with van der Waals surface area (Å²) in [5.74, 6) is 0.0843. The summed E-state index contributed by atoms with van der Waals surface area (Å²) in [7, 11) is 0. The second-order valence-electron chi connectivity index (χ2n) is 7.52. The number of hydrogen-bond acceptors (Lipinski definition) is 5. The highest BCUT2D eigenvalue weighted by atomic mass is 35.5. The van der Waals surface area contributed by atoms with Crippen molar-refractivity contribution in [1.29, 1.82) is 0 Å². The van der Waals surface area contributed by atoms with Crippen LogP contribution in [0.3, 0.4) is 0 Å². The predicted molar refractivity (Wildman–Crippen MR) is 117 cm³/mol. The molecular weight excluding hydrogens is 404 g/mol. The highest BCUT2D eigenvalue weighted by Gasteiger charge is 2.22. The first-order chi connectivity index (χ1) is 14.4. The van der Waals surface area contributed by atoms with Crippen molar-refractivity contribution in [2.75, 3.05) is 31.1 Å². The maximum atomic E-state index is 12.7. The van der Waals surface area contributed by atoms with Gasteiger partial charge in [-0.2, -0.15) is 0 Å². The molecule has 7 heteroatoms. The number of fused-ring (bicyclic) bond motifs is 1. The third kappa shape index (κ3) is 4.14. The van der Waals surface area contributed by atoms with Crippen molar-refractivity contribution in [2.45, 2.75) is 19.8 Å². The van der Waals surface area contributed by atoms with Crippen LogP contribution in [-0.4, -0.2) is 42.1 Å². The predicted octanol–water partition coefficient (Wildman–Crippen LogP) is 3.74. The first-order valence-electron chi connectivity index (χ1n) is 9.96. The molecular formula is C23H23ClN2O4. The van der Waals surface area contributed by atoms with E-state index in [9.17, 15) is 14.7 Å². The third-order valence-electron chi connectivity index (χ3n) is 5.68. The lowest BCUT2D eigenvalue weighted by Crippen LogP contribution is -2.48. The molecule has 0 atom stereocenters. The first kappa shape index (κ1) is 20.3. The number of phenols is 1. The summed E-state index contributed by atoms with van der Waals surface area (Å²) >= 11 is 5.95. The molecule has 3 aromatic rings. The molecule has 1 amide bonds. The molecule has 0 radical (unpaired) electrons. The Morgan fingerprint density at radius 2 is 1.80 bits per heavy atom. The smallest absolute Gasteiger partial charge is 0.339 e. The van der Waals surface area contributed by atoms with Gasteiger partial charge in [-0.05, 0) is 55.3 Å². The lowest BCUT2D eigenvalue weighted by molar-refractivity contribution is -0.131. The monoisotopic (exact) mass is 426 g/mol. The quantitative estimate of drug-likeness (QED) is 0.643. The van der Waals surface area contributed by atoms with E-state index < -0.39 is 5.63 Å². The number of carbonyl (C=O) groups excluding carboxylic acids is 1. The van der Waals surface area contributed by atoms with Crippen LogP contribution >= 0.6 is 11.6 Å². The Balaban J connectivity index is 1.39. The fourth-order valence-electron chi connectivity index (χ4n) is 3.93. The molecule has 1 aromatic heterocycles. The van der Waals surface area contributed by atoms with E-state index in [0.717, 1.165) is 29.7 Å². The normalized spacial score (nSPS) is 14.3. The minimum absolute atomic E-state index is 0.0374. The zero-order valence-electron chi connectivity index (χ0n) is 16.7. The minimum Gasteiger partial charge on any atom is -0.508 e. The Morgan fingerprint density at radius 3 is 2.50 bits per heavy atom. The van der Waals surface area contributed by atoms with Gasteiger partial charge in [0.05, 0.1) is 0 Å². The molecule has 4 rings (SSSR count). The van der Waals surface area contributed by atoms with E-state index >= 15 is 0 Å². The van der Waals surface area contributed by atoms with Crippen LogP contribution < -0.4 is 10.5 Å². The van der Waals surface area contributed by atoms with E-state index in [1.54, 1.807) is 12.1 Å². The lowest BCUT2D eigenvalue weighted by atomic mass is 10.0. The topological polar surface area (TPSA) is 74.0 Å². The van der Waals surface area contributed by atoms with Gasteiger partial charge in [-0.15, -0.1) is 0 Å². The second kappa shape index (κ2) is 8.40. The van der Waals surface area contributed by atoms with Crippen molar-refractivity contribution in [2.24, 2.45) is 0 Å². The number of phenolic OH excluding ortho intramolecular Hbond substituents is 1. The van der Waals surface area contributed by atoms with Crippen LogP contribution in [0.1, 0.15) is 17.5 Å². The number of halogens is 1. The fourth-order valence-corrected chi connectivity index (χ4v) is 4.05. The highest BCUT2D eigenvalue weighted by molar-refractivity contribution is 6.30. The van der Waals surface area contributed by atoms with Crippen LogP contribution in [0.15, 0.2) is 51.7 Å². The van der Waals surface area contributed by atoms with Gasteiger partial charge in [0.1, 0.15) is 11.3 Å². The van der Waals surface area contributed by atoms with E-state index in [1.807, 2.05) is 36.1 Å². The summed E-state index contributed by atoms with van der Waals surface area (Å²) in [6.07, 6.45) is 0.595. The zero-order chi connectivity index (χ0) is 21.3. The molecule has 1 saturated heterocycles. The van der Waals surface area contributed by atoms with Gasteiger partial charge >= 0.3 is 5.63 Å². The van der Waals surface area contributed by atoms with Gasteiger partial charge in [0.15, 0.2) is 0 Å². The minimum atomic E-state index is -0.453. The Bertz CT molecular complexity index is 1130. The summed E-state index contributed by atoms with van der Waals surface area (Å²) in [4.78, 5) is 29.2. The maximum absolute atomic E-state index is 12.7. The standard InChI is InChI=1S/C23H23ClN2O4/c1-15-19-7-6-18(27)14-21(19)30-23(29)20(15)8-9-22(28)26-12-10-25(11-13-26)17-4-2-16(24)3-5-17/h2-7,14,27H,8-13H2,1H3. The summed E-state index contributed by atoms with van der Waals surface area (Å²) in [5, 5.41) is 11.1. The fraction of sp³-hybridized carbons (Fsp3) is 0.304. The Morgan fingerprint density at radius 1 is 1.10 bits per heavy atom. The lowest BCUT2D eigenvalue weighted by Gasteiger charge is -2.36. The number of piperazine rings is 1. The molecule has 6 nitrogen and oxygen atoms in total. The number of anilines is 1. The van der Waals surface area contributed by atoms with Gasteiger partial charge in [0.2, 0.25) is 5.91 Å². The maximum Gasteiger partial charge on any atom is 0.339 e. The summed E-state index contributed by atoms with van der Waals surface area (Å²) < 4.78 is 5.35. The Hall–Kier alpha value is -2.99. The number of aryl methyl sites for hydroxylation is 1. The van der Waals surface area contributed by atoms with Crippen molar-refractivity contribution >= 4 is 34.2 Å². The van der Waals surface area contributed by atoms with Crippen LogP contribution in [-0.2, 0) is 11.2 Å². The highest BCUT2D eigenvalue weighted by Crippen LogP contribution is 2.24. The zero-order valence-corrected chi connectivity index (χ0v) is 17.5. The number of carbonyl (C=O) groups is 1. The summed E-state index contributed by atoms with van der Waals surface area (Å²) in [6, 6.07) is 12.4. The molecule has 0 unspecified atom stereocenters. The third-order valence-corrected chi connectivity index (χ3v) is 5.94. The largest absolute Gasteiger partial charge is 0.508 e. The molecule has 1 N–H and O–H groups in total. The molecule has 2 heterocycles.